The van der Waals surface area contributed by atoms with E-state index in [0.717, 1.165) is 32.4 Å². The third-order valence-electron chi connectivity index (χ3n) is 4.45. The van der Waals surface area contributed by atoms with Crippen molar-refractivity contribution in [1.29, 1.82) is 0 Å². The van der Waals surface area contributed by atoms with Gasteiger partial charge in [-0.1, -0.05) is 6.07 Å². The quantitative estimate of drug-likeness (QED) is 0.335. The summed E-state index contributed by atoms with van der Waals surface area (Å²) in [7, 11) is 1.46. The second-order valence-electron chi connectivity index (χ2n) is 6.29. The minimum Gasteiger partial charge on any atom is -0.504 e. The van der Waals surface area contributed by atoms with Gasteiger partial charge in [-0.3, -0.25) is 20.2 Å². The van der Waals surface area contributed by atoms with Crippen LogP contribution in [0.2, 0.25) is 0 Å². The first-order valence-electron chi connectivity index (χ1n) is 8.73. The van der Waals surface area contributed by atoms with E-state index in [1.54, 1.807) is 18.2 Å². The molecule has 150 valence electrons. The van der Waals surface area contributed by atoms with E-state index in [2.05, 4.69) is 9.74 Å². The molecule has 1 aliphatic heterocycles. The van der Waals surface area contributed by atoms with Crippen molar-refractivity contribution in [3.8, 4) is 11.5 Å². The number of ether oxygens (including phenoxy) is 2. The number of nitrogens with zero attached hydrogens (tertiary/aromatic N) is 2. The lowest BCUT2D eigenvalue weighted by Gasteiger charge is -2.31. The van der Waals surface area contributed by atoms with Crippen molar-refractivity contribution in [2.75, 3.05) is 33.5 Å². The third-order valence-corrected chi connectivity index (χ3v) is 4.45. The molecule has 0 atom stereocenters. The third kappa shape index (κ3) is 7.53. The summed E-state index contributed by atoms with van der Waals surface area (Å²) in [5, 5.41) is 26.3. The van der Waals surface area contributed by atoms with E-state index < -0.39 is 5.97 Å². The van der Waals surface area contributed by atoms with E-state index in [1.807, 2.05) is 0 Å². The number of aromatic hydroxyl groups is 1. The van der Waals surface area contributed by atoms with Gasteiger partial charge in [0.05, 0.1) is 19.1 Å². The Morgan fingerprint density at radius 3 is 2.74 bits per heavy atom. The maximum atomic E-state index is 11.9. The van der Waals surface area contributed by atoms with Gasteiger partial charge in [0.2, 0.25) is 0 Å². The van der Waals surface area contributed by atoms with Gasteiger partial charge in [0.1, 0.15) is 6.73 Å². The lowest BCUT2D eigenvalue weighted by molar-refractivity contribution is -0.492. The molecule has 1 aromatic rings. The highest BCUT2D eigenvalue weighted by atomic mass is 17.1. The minimum atomic E-state index is -0.441. The summed E-state index contributed by atoms with van der Waals surface area (Å²) in [4.78, 5) is 18.5. The Morgan fingerprint density at radius 2 is 2.07 bits per heavy atom. The summed E-state index contributed by atoms with van der Waals surface area (Å²) in [5.41, 5.74) is 0.717. The monoisotopic (exact) mass is 382 g/mol. The second kappa shape index (κ2) is 10.9. The Bertz CT molecular complexity index is 628. The fraction of sp³-hybridized carbons (Fsp3) is 0.500. The highest BCUT2D eigenvalue weighted by Crippen LogP contribution is 2.26. The summed E-state index contributed by atoms with van der Waals surface area (Å²) in [5.74, 6) is 0.381. The van der Waals surface area contributed by atoms with Crippen molar-refractivity contribution in [3.63, 3.8) is 0 Å². The Balaban J connectivity index is 1.67. The van der Waals surface area contributed by atoms with Crippen LogP contribution in [0.4, 0.5) is 0 Å². The molecule has 0 amide bonds. The molecule has 9 nitrogen and oxygen atoms in total. The highest BCUT2D eigenvalue weighted by molar-refractivity contribution is 5.87. The molecule has 0 aromatic heterocycles. The summed E-state index contributed by atoms with van der Waals surface area (Å²) in [6.45, 7) is 2.09. The number of esters is 1. The Morgan fingerprint density at radius 1 is 1.33 bits per heavy atom. The smallest absolute Gasteiger partial charge is 0.332 e. The number of carbonyl (C=O) groups is 1. The molecule has 1 aromatic carbocycles. The zero-order valence-electron chi connectivity index (χ0n) is 15.3. The van der Waals surface area contributed by atoms with E-state index >= 15 is 0 Å². The number of piperidine rings is 1. The Hall–Kier alpha value is -2.17. The van der Waals surface area contributed by atoms with E-state index in [1.165, 1.54) is 19.3 Å². The van der Waals surface area contributed by atoms with E-state index in [0.29, 0.717) is 17.2 Å². The van der Waals surface area contributed by atoms with Gasteiger partial charge in [-0.2, -0.15) is 0 Å². The molecule has 0 aliphatic carbocycles. The first-order chi connectivity index (χ1) is 13.0. The van der Waals surface area contributed by atoms with Crippen molar-refractivity contribution >= 4 is 12.0 Å². The van der Waals surface area contributed by atoms with Crippen LogP contribution in [0.3, 0.4) is 0 Å². The number of methoxy groups -OCH3 is 1. The SMILES string of the molecule is COc1cc(/C=C/C(=O)OCN2CCC(CCON(O)O)CC2)ccc1O. The summed E-state index contributed by atoms with van der Waals surface area (Å²) >= 11 is 0. The lowest BCUT2D eigenvalue weighted by Crippen LogP contribution is -2.36. The molecule has 0 saturated carbocycles. The molecule has 1 fully saturated rings. The molecule has 1 aliphatic rings. The van der Waals surface area contributed by atoms with Crippen molar-refractivity contribution in [1.82, 2.24) is 10.3 Å². The maximum absolute atomic E-state index is 11.9. The van der Waals surface area contributed by atoms with Crippen LogP contribution < -0.4 is 4.74 Å². The number of likely N-dealkylation sites (tertiary alicyclic amines) is 1. The first-order valence-corrected chi connectivity index (χ1v) is 8.73. The summed E-state index contributed by atoms with van der Waals surface area (Å²) in [6, 6.07) is 4.79. The van der Waals surface area contributed by atoms with Crippen LogP contribution >= 0.6 is 0 Å². The maximum Gasteiger partial charge on any atom is 0.332 e. The van der Waals surface area contributed by atoms with Crippen LogP contribution in [-0.4, -0.2) is 65.3 Å². The van der Waals surface area contributed by atoms with Crippen LogP contribution in [0.25, 0.3) is 6.08 Å². The number of phenolic OH excluding ortho intramolecular Hbond substituents is 1. The molecule has 9 heteroatoms. The molecule has 2 rings (SSSR count). The molecule has 1 heterocycles. The van der Waals surface area contributed by atoms with Gasteiger partial charge in [0.25, 0.3) is 0 Å². The first kappa shape index (κ1) is 21.1. The van der Waals surface area contributed by atoms with E-state index in [9.17, 15) is 9.90 Å². The molecule has 27 heavy (non-hydrogen) atoms. The van der Waals surface area contributed by atoms with Crippen LogP contribution in [-0.2, 0) is 14.4 Å². The number of phenols is 1. The Kier molecular flexibility index (Phi) is 8.49. The molecule has 0 spiro atoms. The van der Waals surface area contributed by atoms with Gasteiger partial charge in [-0.25, -0.2) is 4.79 Å². The fourth-order valence-corrected chi connectivity index (χ4v) is 2.87. The average Bonchev–Trinajstić information content (AvgIpc) is 2.66. The number of hydrogen-bond donors (Lipinski definition) is 3. The van der Waals surface area contributed by atoms with Crippen LogP contribution in [0.1, 0.15) is 24.8 Å². The van der Waals surface area contributed by atoms with Crippen molar-refractivity contribution in [2.24, 2.45) is 5.92 Å². The summed E-state index contributed by atoms with van der Waals surface area (Å²) in [6.07, 6.45) is 5.54. The number of hydrogen-bond acceptors (Lipinski definition) is 9. The van der Waals surface area contributed by atoms with Crippen molar-refractivity contribution in [2.45, 2.75) is 19.3 Å². The van der Waals surface area contributed by atoms with Crippen LogP contribution in [0.15, 0.2) is 24.3 Å². The zero-order valence-corrected chi connectivity index (χ0v) is 15.3. The van der Waals surface area contributed by atoms with Crippen molar-refractivity contribution < 1.29 is 34.6 Å². The normalized spacial score (nSPS) is 16.1. The molecular weight excluding hydrogens is 356 g/mol. The van der Waals surface area contributed by atoms with Gasteiger partial charge < -0.3 is 14.6 Å². The standard InChI is InChI=1S/C18H26N2O7/c1-25-17-12-15(2-4-16(17)21)3-5-18(22)26-13-19-9-6-14(7-10-19)8-11-27-20(23)24/h2-5,12,14,21,23-24H,6-11,13H2,1H3/b5-3+. The second-order valence-corrected chi connectivity index (χ2v) is 6.29. The number of carbonyl (C=O) groups excluding carboxylic acids is 1. The predicted octanol–water partition coefficient (Wildman–Crippen LogP) is 2.03. The minimum absolute atomic E-state index is 0.0391. The predicted molar refractivity (Wildman–Crippen MR) is 94.9 cm³/mol. The van der Waals surface area contributed by atoms with Crippen LogP contribution in [0, 0.1) is 5.92 Å². The van der Waals surface area contributed by atoms with Gasteiger partial charge >= 0.3 is 5.97 Å². The van der Waals surface area contributed by atoms with Gasteiger partial charge in [0, 0.05) is 19.2 Å². The molecule has 0 bridgehead atoms. The average molecular weight is 382 g/mol. The lowest BCUT2D eigenvalue weighted by atomic mass is 9.94. The summed E-state index contributed by atoms with van der Waals surface area (Å²) < 4.78 is 10.3. The van der Waals surface area contributed by atoms with Gasteiger partial charge in [0.15, 0.2) is 11.5 Å². The van der Waals surface area contributed by atoms with Crippen LogP contribution in [0.5, 0.6) is 11.5 Å². The fourth-order valence-electron chi connectivity index (χ4n) is 2.87. The van der Waals surface area contributed by atoms with E-state index in [-0.39, 0.29) is 24.5 Å². The highest BCUT2D eigenvalue weighted by Gasteiger charge is 2.19. The largest absolute Gasteiger partial charge is 0.504 e. The van der Waals surface area contributed by atoms with E-state index in [4.69, 9.17) is 19.9 Å². The van der Waals surface area contributed by atoms with Gasteiger partial charge in [-0.05, 0) is 49.0 Å². The van der Waals surface area contributed by atoms with Gasteiger partial charge in [-0.15, -0.1) is 0 Å². The zero-order chi connectivity index (χ0) is 19.6. The molecule has 1 saturated heterocycles. The molecule has 0 radical (unpaired) electrons. The Labute approximate surface area is 157 Å². The van der Waals surface area contributed by atoms with Crippen molar-refractivity contribution in [3.05, 3.63) is 29.8 Å². The topological polar surface area (TPSA) is 112 Å². The molecule has 3 N–H and O–H groups in total. The molecular formula is C18H26N2O7. The number of rotatable bonds is 9. The molecule has 0 unspecified atom stereocenters. The number of benzene rings is 1.